The molecule has 4 rings (SSSR count). The minimum absolute atomic E-state index is 0.0482. The Labute approximate surface area is 186 Å². The minimum atomic E-state index is -3.60. The van der Waals surface area contributed by atoms with Crippen LogP contribution in [-0.4, -0.2) is 43.2 Å². The van der Waals surface area contributed by atoms with Crippen LogP contribution in [0.15, 0.2) is 57.6 Å². The van der Waals surface area contributed by atoms with E-state index >= 15 is 0 Å². The maximum Gasteiger partial charge on any atom is 0.261 e. The van der Waals surface area contributed by atoms with Gasteiger partial charge in [-0.1, -0.05) is 24.3 Å². The average molecular weight is 456 g/mol. The van der Waals surface area contributed by atoms with Crippen LogP contribution in [-0.2, 0) is 27.6 Å². The summed E-state index contributed by atoms with van der Waals surface area (Å²) in [6.07, 6.45) is 4.64. The van der Waals surface area contributed by atoms with E-state index in [1.165, 1.54) is 24.3 Å². The first kappa shape index (κ1) is 22.0. The molecule has 32 heavy (non-hydrogen) atoms. The van der Waals surface area contributed by atoms with E-state index in [0.29, 0.717) is 31.8 Å². The van der Waals surface area contributed by atoms with Gasteiger partial charge in [-0.2, -0.15) is 0 Å². The van der Waals surface area contributed by atoms with Crippen molar-refractivity contribution in [3.05, 3.63) is 75.1 Å². The summed E-state index contributed by atoms with van der Waals surface area (Å²) in [6, 6.07) is 9.50. The number of aromatic nitrogens is 1. The molecule has 1 saturated carbocycles. The second-order valence-corrected chi connectivity index (χ2v) is 10.0. The Morgan fingerprint density at radius 2 is 1.94 bits per heavy atom. The smallest absolute Gasteiger partial charge is 0.261 e. The van der Waals surface area contributed by atoms with Gasteiger partial charge < -0.3 is 15.2 Å². The molecule has 2 N–H and O–H groups in total. The maximum atomic E-state index is 12.5. The first-order valence-corrected chi connectivity index (χ1v) is 12.2. The molecule has 2 aliphatic rings. The van der Waals surface area contributed by atoms with Gasteiger partial charge in [0.1, 0.15) is 5.56 Å². The van der Waals surface area contributed by atoms with Crippen LogP contribution < -0.4 is 10.9 Å². The molecule has 0 radical (unpaired) electrons. The topological polar surface area (TPSA) is 116 Å². The number of nitrogens with zero attached hydrogens (tertiary/aromatic N) is 1. The van der Waals surface area contributed by atoms with Gasteiger partial charge in [0.15, 0.2) is 9.84 Å². The van der Waals surface area contributed by atoms with E-state index in [0.717, 1.165) is 29.5 Å². The molecule has 2 heterocycles. The number of hydrogen-bond donors (Lipinski definition) is 2. The molecular weight excluding hydrogens is 430 g/mol. The van der Waals surface area contributed by atoms with Crippen molar-refractivity contribution >= 4 is 21.7 Å². The van der Waals surface area contributed by atoms with Crippen molar-refractivity contribution in [2.24, 2.45) is 5.92 Å². The van der Waals surface area contributed by atoms with Crippen molar-refractivity contribution in [1.82, 2.24) is 15.2 Å². The van der Waals surface area contributed by atoms with Gasteiger partial charge >= 0.3 is 0 Å². The van der Waals surface area contributed by atoms with Crippen molar-refractivity contribution < 1.29 is 18.0 Å². The number of sulfone groups is 1. The van der Waals surface area contributed by atoms with Crippen LogP contribution in [0.2, 0.25) is 0 Å². The van der Waals surface area contributed by atoms with E-state index in [2.05, 4.69) is 10.3 Å². The van der Waals surface area contributed by atoms with Crippen LogP contribution >= 0.6 is 0 Å². The lowest BCUT2D eigenvalue weighted by atomic mass is 10.0. The van der Waals surface area contributed by atoms with Gasteiger partial charge in [-0.3, -0.25) is 14.4 Å². The van der Waals surface area contributed by atoms with Crippen molar-refractivity contribution in [2.75, 3.05) is 13.1 Å². The van der Waals surface area contributed by atoms with Gasteiger partial charge in [0.2, 0.25) is 5.91 Å². The van der Waals surface area contributed by atoms with Gasteiger partial charge in [0.05, 0.1) is 4.90 Å². The van der Waals surface area contributed by atoms with E-state index in [4.69, 9.17) is 0 Å². The van der Waals surface area contributed by atoms with Gasteiger partial charge in [-0.25, -0.2) is 8.42 Å². The fraction of sp³-hybridized carbons (Fsp3) is 0.348. The summed E-state index contributed by atoms with van der Waals surface area (Å²) < 4.78 is 24.5. The summed E-state index contributed by atoms with van der Waals surface area (Å²) >= 11 is 0. The first-order valence-electron chi connectivity index (χ1n) is 10.6. The Morgan fingerprint density at radius 3 is 2.66 bits per heavy atom. The van der Waals surface area contributed by atoms with Crippen LogP contribution in [0.5, 0.6) is 0 Å². The van der Waals surface area contributed by atoms with Crippen LogP contribution in [0.4, 0.5) is 0 Å². The minimum Gasteiger partial charge on any atom is -0.348 e. The lowest BCUT2D eigenvalue weighted by molar-refractivity contribution is -0.132. The number of carbonyl (C=O) groups excluding carboxylic acids is 2. The highest BCUT2D eigenvalue weighted by atomic mass is 32.2. The third-order valence-electron chi connectivity index (χ3n) is 5.69. The van der Waals surface area contributed by atoms with Gasteiger partial charge in [0.25, 0.3) is 11.5 Å². The Balaban J connectivity index is 1.40. The van der Waals surface area contributed by atoms with Crippen molar-refractivity contribution in [3.63, 3.8) is 0 Å². The molecule has 0 bridgehead atoms. The monoisotopic (exact) mass is 455 g/mol. The zero-order valence-electron chi connectivity index (χ0n) is 17.5. The molecule has 1 aliphatic carbocycles. The molecule has 1 aliphatic heterocycles. The number of benzene rings is 1. The molecule has 0 saturated heterocycles. The number of hydrogen-bond acceptors (Lipinski definition) is 5. The number of H-pyrrole nitrogens is 1. The molecule has 1 fully saturated rings. The van der Waals surface area contributed by atoms with E-state index in [1.807, 2.05) is 0 Å². The zero-order chi connectivity index (χ0) is 22.7. The SMILES string of the molecule is O=C(NC/C=C/S(=O)(=O)c1ccccc1)c1cc2c([nH]c1=O)CCN(C(=O)CC1CC1)C2. The highest BCUT2D eigenvalue weighted by molar-refractivity contribution is 7.94. The summed E-state index contributed by atoms with van der Waals surface area (Å²) in [5, 5.41) is 3.58. The van der Waals surface area contributed by atoms with Crippen LogP contribution in [0.3, 0.4) is 0 Å². The lowest BCUT2D eigenvalue weighted by Gasteiger charge is -2.29. The number of amides is 2. The molecule has 0 unspecified atom stereocenters. The molecule has 1 aromatic heterocycles. The van der Waals surface area contributed by atoms with Gasteiger partial charge in [-0.05, 0) is 42.5 Å². The summed E-state index contributed by atoms with van der Waals surface area (Å²) in [5.41, 5.74) is 0.947. The van der Waals surface area contributed by atoms with Crippen LogP contribution in [0, 0.1) is 5.92 Å². The van der Waals surface area contributed by atoms with E-state index in [-0.39, 0.29) is 22.9 Å². The van der Waals surface area contributed by atoms with Crippen molar-refractivity contribution in [2.45, 2.75) is 37.1 Å². The molecule has 0 spiro atoms. The predicted octanol–water partition coefficient (Wildman–Crippen LogP) is 1.78. The number of nitrogens with one attached hydrogen (secondary N) is 2. The van der Waals surface area contributed by atoms with Crippen LogP contribution in [0.25, 0.3) is 0 Å². The van der Waals surface area contributed by atoms with Crippen molar-refractivity contribution in [3.8, 4) is 0 Å². The fourth-order valence-electron chi connectivity index (χ4n) is 3.70. The third kappa shape index (κ3) is 5.16. The highest BCUT2D eigenvalue weighted by Crippen LogP contribution is 2.33. The summed E-state index contributed by atoms with van der Waals surface area (Å²) in [4.78, 5) is 42.0. The molecular formula is C23H25N3O5S. The molecule has 168 valence electrons. The second-order valence-electron chi connectivity index (χ2n) is 8.17. The maximum absolute atomic E-state index is 12.5. The first-order chi connectivity index (χ1) is 15.3. The number of rotatable bonds is 7. The zero-order valence-corrected chi connectivity index (χ0v) is 18.4. The number of carbonyl (C=O) groups is 2. The molecule has 8 nitrogen and oxygen atoms in total. The van der Waals surface area contributed by atoms with E-state index in [1.54, 1.807) is 23.1 Å². The Morgan fingerprint density at radius 1 is 1.19 bits per heavy atom. The van der Waals surface area contributed by atoms with Gasteiger partial charge in [0, 0.05) is 43.6 Å². The standard InChI is InChI=1S/C23H25N3O5S/c27-21(13-16-7-8-16)26-11-9-20-17(15-26)14-19(23(29)25-20)22(28)24-10-4-12-32(30,31)18-5-2-1-3-6-18/h1-6,12,14,16H,7-11,13,15H2,(H,24,28)(H,25,29)/b12-4+. The molecule has 2 amide bonds. The second kappa shape index (κ2) is 9.12. The van der Waals surface area contributed by atoms with Gasteiger partial charge in [-0.15, -0.1) is 0 Å². The molecule has 0 atom stereocenters. The Hall–Kier alpha value is -3.20. The molecule has 2 aromatic rings. The lowest BCUT2D eigenvalue weighted by Crippen LogP contribution is -2.38. The quantitative estimate of drug-likeness (QED) is 0.660. The Kier molecular flexibility index (Phi) is 6.27. The fourth-order valence-corrected chi connectivity index (χ4v) is 4.74. The predicted molar refractivity (Wildman–Crippen MR) is 119 cm³/mol. The highest BCUT2D eigenvalue weighted by Gasteiger charge is 2.29. The van der Waals surface area contributed by atoms with E-state index < -0.39 is 21.3 Å². The molecule has 1 aromatic carbocycles. The largest absolute Gasteiger partial charge is 0.348 e. The van der Waals surface area contributed by atoms with E-state index in [9.17, 15) is 22.8 Å². The van der Waals surface area contributed by atoms with Crippen molar-refractivity contribution in [1.29, 1.82) is 0 Å². The normalized spacial score (nSPS) is 16.1. The van der Waals surface area contributed by atoms with Crippen LogP contribution in [0.1, 0.15) is 40.9 Å². The Bertz CT molecular complexity index is 1210. The summed E-state index contributed by atoms with van der Waals surface area (Å²) in [7, 11) is -3.60. The summed E-state index contributed by atoms with van der Waals surface area (Å²) in [6.45, 7) is 0.876. The number of fused-ring (bicyclic) bond motifs is 1. The number of pyridine rings is 1. The average Bonchev–Trinajstić information content (AvgIpc) is 3.60. The summed E-state index contributed by atoms with van der Waals surface area (Å²) in [5.74, 6) is 0.0110. The third-order valence-corrected chi connectivity index (χ3v) is 7.17. The molecule has 9 heteroatoms. The number of aromatic amines is 1.